The van der Waals surface area contributed by atoms with E-state index in [0.717, 1.165) is 36.9 Å². The van der Waals surface area contributed by atoms with Crippen molar-refractivity contribution < 1.29 is 9.84 Å². The van der Waals surface area contributed by atoms with Gasteiger partial charge in [-0.3, -0.25) is 0 Å². The first-order valence-electron chi connectivity index (χ1n) is 6.77. The number of hydrogen-bond acceptors (Lipinski definition) is 3. The zero-order valence-corrected chi connectivity index (χ0v) is 11.1. The van der Waals surface area contributed by atoms with Gasteiger partial charge in [-0.25, -0.2) is 0 Å². The minimum Gasteiger partial charge on any atom is -0.388 e. The Morgan fingerprint density at radius 2 is 1.94 bits per heavy atom. The first-order chi connectivity index (χ1) is 8.73. The van der Waals surface area contributed by atoms with Crippen molar-refractivity contribution in [2.24, 2.45) is 0 Å². The summed E-state index contributed by atoms with van der Waals surface area (Å²) in [5, 5.41) is 13.8. The average molecular weight is 249 g/mol. The fourth-order valence-electron chi connectivity index (χ4n) is 2.62. The molecule has 3 nitrogen and oxygen atoms in total. The van der Waals surface area contributed by atoms with Crippen LogP contribution in [0.4, 0.5) is 5.69 Å². The quantitative estimate of drug-likeness (QED) is 0.843. The Labute approximate surface area is 109 Å². The van der Waals surface area contributed by atoms with Crippen LogP contribution in [0.2, 0.25) is 0 Å². The third-order valence-electron chi connectivity index (χ3n) is 3.71. The van der Waals surface area contributed by atoms with Crippen LogP contribution in [0, 0.1) is 0 Å². The molecule has 0 bridgehead atoms. The molecule has 1 aromatic carbocycles. The Hall–Kier alpha value is -1.06. The molecule has 0 unspecified atom stereocenters. The number of para-hydroxylation sites is 1. The van der Waals surface area contributed by atoms with Crippen LogP contribution >= 0.6 is 0 Å². The second kappa shape index (κ2) is 6.21. The molecule has 100 valence electrons. The molecule has 1 aliphatic rings. The van der Waals surface area contributed by atoms with Crippen molar-refractivity contribution in [2.75, 3.05) is 19.0 Å². The predicted octanol–water partition coefficient (Wildman–Crippen LogP) is 2.94. The normalized spacial score (nSPS) is 18.6. The van der Waals surface area contributed by atoms with Gasteiger partial charge in [0.05, 0.1) is 12.2 Å². The summed E-state index contributed by atoms with van der Waals surface area (Å²) in [7, 11) is 1.70. The Bertz CT molecular complexity index is 373. The van der Waals surface area contributed by atoms with Crippen LogP contribution in [0.1, 0.15) is 37.7 Å². The molecule has 3 heteroatoms. The van der Waals surface area contributed by atoms with Gasteiger partial charge in [-0.1, -0.05) is 37.5 Å². The van der Waals surface area contributed by atoms with Gasteiger partial charge in [-0.2, -0.15) is 0 Å². The summed E-state index contributed by atoms with van der Waals surface area (Å²) in [5.41, 5.74) is 1.68. The number of ether oxygens (including phenoxy) is 1. The van der Waals surface area contributed by atoms with E-state index in [9.17, 15) is 5.11 Å². The van der Waals surface area contributed by atoms with Crippen LogP contribution in [-0.2, 0) is 11.3 Å². The topological polar surface area (TPSA) is 41.5 Å². The molecular formula is C15H23NO2. The molecule has 0 saturated heterocycles. The number of anilines is 1. The van der Waals surface area contributed by atoms with Crippen LogP contribution in [0.15, 0.2) is 24.3 Å². The average Bonchev–Trinajstić information content (AvgIpc) is 2.39. The lowest BCUT2D eigenvalue weighted by Gasteiger charge is -2.32. The fourth-order valence-corrected chi connectivity index (χ4v) is 2.62. The van der Waals surface area contributed by atoms with Crippen molar-refractivity contribution in [1.29, 1.82) is 0 Å². The Balaban J connectivity index is 1.96. The zero-order valence-electron chi connectivity index (χ0n) is 11.1. The second-order valence-corrected chi connectivity index (χ2v) is 5.23. The molecule has 1 aliphatic carbocycles. The highest BCUT2D eigenvalue weighted by Gasteiger charge is 2.28. The van der Waals surface area contributed by atoms with Gasteiger partial charge in [0.2, 0.25) is 0 Å². The third-order valence-corrected chi connectivity index (χ3v) is 3.71. The molecule has 0 aromatic heterocycles. The van der Waals surface area contributed by atoms with Crippen molar-refractivity contribution in [2.45, 2.75) is 44.3 Å². The number of aliphatic hydroxyl groups is 1. The molecule has 0 radical (unpaired) electrons. The Kier molecular flexibility index (Phi) is 4.61. The summed E-state index contributed by atoms with van der Waals surface area (Å²) in [6, 6.07) is 8.11. The lowest BCUT2D eigenvalue weighted by atomic mass is 9.85. The lowest BCUT2D eigenvalue weighted by molar-refractivity contribution is 0.0167. The standard InChI is InChI=1S/C15H23NO2/c1-18-11-13-7-3-4-8-14(13)16-12-15(17)9-5-2-6-10-15/h3-4,7-8,16-17H,2,5-6,9-12H2,1H3. The van der Waals surface area contributed by atoms with Gasteiger partial charge in [-0.05, 0) is 18.9 Å². The van der Waals surface area contributed by atoms with Gasteiger partial charge >= 0.3 is 0 Å². The van der Waals surface area contributed by atoms with Crippen molar-refractivity contribution in [1.82, 2.24) is 0 Å². The first kappa shape index (κ1) is 13.4. The Morgan fingerprint density at radius 1 is 1.22 bits per heavy atom. The smallest absolute Gasteiger partial charge is 0.0819 e. The van der Waals surface area contributed by atoms with Gasteiger partial charge in [-0.15, -0.1) is 0 Å². The number of nitrogens with one attached hydrogen (secondary N) is 1. The van der Waals surface area contributed by atoms with Crippen LogP contribution in [0.5, 0.6) is 0 Å². The minimum atomic E-state index is -0.529. The number of benzene rings is 1. The SMILES string of the molecule is COCc1ccccc1NCC1(O)CCCCC1. The second-order valence-electron chi connectivity index (χ2n) is 5.23. The summed E-state index contributed by atoms with van der Waals surface area (Å²) in [4.78, 5) is 0. The van der Waals surface area contributed by atoms with E-state index < -0.39 is 5.60 Å². The zero-order chi connectivity index (χ0) is 12.8. The van der Waals surface area contributed by atoms with Gasteiger partial charge < -0.3 is 15.2 Å². The van der Waals surface area contributed by atoms with E-state index in [1.54, 1.807) is 7.11 Å². The van der Waals surface area contributed by atoms with E-state index in [4.69, 9.17) is 4.74 Å². The largest absolute Gasteiger partial charge is 0.388 e. The van der Waals surface area contributed by atoms with Crippen LogP contribution in [0.25, 0.3) is 0 Å². The van der Waals surface area contributed by atoms with Gasteiger partial charge in [0.25, 0.3) is 0 Å². The molecule has 0 spiro atoms. The number of rotatable bonds is 5. The van der Waals surface area contributed by atoms with Crippen molar-refractivity contribution >= 4 is 5.69 Å². The van der Waals surface area contributed by atoms with Crippen LogP contribution in [-0.4, -0.2) is 24.4 Å². The molecule has 0 heterocycles. The van der Waals surface area contributed by atoms with E-state index >= 15 is 0 Å². The van der Waals surface area contributed by atoms with Gasteiger partial charge in [0, 0.05) is 24.9 Å². The summed E-state index contributed by atoms with van der Waals surface area (Å²) in [6.07, 6.45) is 5.34. The van der Waals surface area contributed by atoms with E-state index in [1.807, 2.05) is 18.2 Å². The third kappa shape index (κ3) is 3.47. The Morgan fingerprint density at radius 3 is 2.67 bits per heavy atom. The van der Waals surface area contributed by atoms with Crippen LogP contribution in [0.3, 0.4) is 0 Å². The summed E-state index contributed by atoms with van der Waals surface area (Å²) >= 11 is 0. The molecule has 0 aliphatic heterocycles. The molecule has 1 aromatic rings. The maximum atomic E-state index is 10.5. The van der Waals surface area contributed by atoms with E-state index in [1.165, 1.54) is 6.42 Å². The van der Waals surface area contributed by atoms with Gasteiger partial charge in [0.15, 0.2) is 0 Å². The fraction of sp³-hybridized carbons (Fsp3) is 0.600. The summed E-state index contributed by atoms with van der Waals surface area (Å²) < 4.78 is 5.18. The maximum absolute atomic E-state index is 10.5. The molecule has 0 atom stereocenters. The molecule has 0 amide bonds. The van der Waals surface area contributed by atoms with Crippen molar-refractivity contribution in [3.63, 3.8) is 0 Å². The molecule has 18 heavy (non-hydrogen) atoms. The van der Waals surface area contributed by atoms with E-state index in [0.29, 0.717) is 13.2 Å². The highest BCUT2D eigenvalue weighted by molar-refractivity contribution is 5.51. The highest BCUT2D eigenvalue weighted by Crippen LogP contribution is 2.28. The number of hydrogen-bond donors (Lipinski definition) is 2. The molecule has 1 saturated carbocycles. The summed E-state index contributed by atoms with van der Waals surface area (Å²) in [6.45, 7) is 1.23. The minimum absolute atomic E-state index is 0.529. The van der Waals surface area contributed by atoms with Crippen molar-refractivity contribution in [3.05, 3.63) is 29.8 Å². The molecule has 2 rings (SSSR count). The van der Waals surface area contributed by atoms with Crippen LogP contribution < -0.4 is 5.32 Å². The predicted molar refractivity (Wildman–Crippen MR) is 73.7 cm³/mol. The van der Waals surface area contributed by atoms with Gasteiger partial charge in [0.1, 0.15) is 0 Å². The maximum Gasteiger partial charge on any atom is 0.0819 e. The van der Waals surface area contributed by atoms with E-state index in [2.05, 4.69) is 11.4 Å². The number of methoxy groups -OCH3 is 1. The molecule has 2 N–H and O–H groups in total. The molecule has 1 fully saturated rings. The van der Waals surface area contributed by atoms with Crippen molar-refractivity contribution in [3.8, 4) is 0 Å². The lowest BCUT2D eigenvalue weighted by Crippen LogP contribution is -2.38. The monoisotopic (exact) mass is 249 g/mol. The molecular weight excluding hydrogens is 226 g/mol. The van der Waals surface area contributed by atoms with E-state index in [-0.39, 0.29) is 0 Å². The first-order valence-corrected chi connectivity index (χ1v) is 6.77. The summed E-state index contributed by atoms with van der Waals surface area (Å²) in [5.74, 6) is 0. The highest BCUT2D eigenvalue weighted by atomic mass is 16.5.